The van der Waals surface area contributed by atoms with Gasteiger partial charge in [0.1, 0.15) is 0 Å². The fourth-order valence-electron chi connectivity index (χ4n) is 2.98. The molecular formula is C14H18BrClN2O. The zero-order valence-electron chi connectivity index (χ0n) is 10.9. The molecule has 3 rings (SSSR count). The van der Waals surface area contributed by atoms with Crippen molar-refractivity contribution in [2.75, 3.05) is 26.2 Å². The van der Waals surface area contributed by atoms with Crippen molar-refractivity contribution in [1.29, 1.82) is 0 Å². The molecule has 2 atom stereocenters. The lowest BCUT2D eigenvalue weighted by Gasteiger charge is -2.18. The van der Waals surface area contributed by atoms with E-state index < -0.39 is 0 Å². The van der Waals surface area contributed by atoms with E-state index in [1.807, 2.05) is 30.0 Å². The van der Waals surface area contributed by atoms with Crippen LogP contribution in [0.1, 0.15) is 15.9 Å². The van der Waals surface area contributed by atoms with Crippen molar-refractivity contribution in [3.05, 3.63) is 33.8 Å². The van der Waals surface area contributed by atoms with Crippen LogP contribution in [0.5, 0.6) is 0 Å². The van der Waals surface area contributed by atoms with Crippen LogP contribution in [0.15, 0.2) is 22.7 Å². The lowest BCUT2D eigenvalue weighted by atomic mass is 10.0. The summed E-state index contributed by atoms with van der Waals surface area (Å²) in [6.45, 7) is 5.96. The molecule has 2 fully saturated rings. The van der Waals surface area contributed by atoms with Crippen molar-refractivity contribution in [2.24, 2.45) is 11.8 Å². The summed E-state index contributed by atoms with van der Waals surface area (Å²) in [6.07, 6.45) is 0. The van der Waals surface area contributed by atoms with Gasteiger partial charge in [-0.2, -0.15) is 0 Å². The molecule has 2 saturated heterocycles. The lowest BCUT2D eigenvalue weighted by Crippen LogP contribution is -2.31. The van der Waals surface area contributed by atoms with Crippen LogP contribution in [0.25, 0.3) is 0 Å². The second-order valence-electron chi connectivity index (χ2n) is 5.35. The maximum atomic E-state index is 12.4. The summed E-state index contributed by atoms with van der Waals surface area (Å²) in [4.78, 5) is 14.4. The fraction of sp³-hybridized carbons (Fsp3) is 0.500. The molecule has 0 bridgehead atoms. The van der Waals surface area contributed by atoms with E-state index in [1.54, 1.807) is 0 Å². The van der Waals surface area contributed by atoms with Crippen LogP contribution in [-0.2, 0) is 0 Å². The van der Waals surface area contributed by atoms with E-state index in [0.717, 1.165) is 41.8 Å². The summed E-state index contributed by atoms with van der Waals surface area (Å²) < 4.78 is 1.06. The molecule has 2 heterocycles. The molecule has 0 aliphatic carbocycles. The Labute approximate surface area is 128 Å². The van der Waals surface area contributed by atoms with Gasteiger partial charge in [-0.15, -0.1) is 12.4 Å². The number of nitrogens with one attached hydrogen (secondary N) is 1. The quantitative estimate of drug-likeness (QED) is 0.848. The van der Waals surface area contributed by atoms with E-state index >= 15 is 0 Å². The van der Waals surface area contributed by atoms with Crippen LogP contribution in [-0.4, -0.2) is 37.0 Å². The number of nitrogens with zero attached hydrogens (tertiary/aromatic N) is 1. The van der Waals surface area contributed by atoms with Gasteiger partial charge >= 0.3 is 0 Å². The number of fused-ring (bicyclic) bond motifs is 1. The van der Waals surface area contributed by atoms with Gasteiger partial charge in [0.15, 0.2) is 0 Å². The largest absolute Gasteiger partial charge is 0.338 e. The normalized spacial score (nSPS) is 25.1. The second-order valence-corrected chi connectivity index (χ2v) is 6.21. The molecule has 0 aromatic heterocycles. The Kier molecular flexibility index (Phi) is 4.54. The number of rotatable bonds is 1. The zero-order chi connectivity index (χ0) is 12.7. The number of carbonyl (C=O) groups is 1. The van der Waals surface area contributed by atoms with Crippen LogP contribution in [0.4, 0.5) is 0 Å². The number of aryl methyl sites for hydroxylation is 1. The highest BCUT2D eigenvalue weighted by atomic mass is 79.9. The van der Waals surface area contributed by atoms with Gasteiger partial charge in [-0.1, -0.05) is 15.9 Å². The third-order valence-corrected chi connectivity index (χ3v) is 4.97. The SMILES string of the molecule is Cc1cc(C(=O)N2C[C@H]3CNC[C@H]3C2)ccc1Br.Cl. The molecule has 2 aliphatic rings. The van der Waals surface area contributed by atoms with Crippen molar-refractivity contribution in [1.82, 2.24) is 10.2 Å². The van der Waals surface area contributed by atoms with E-state index in [4.69, 9.17) is 0 Å². The molecule has 104 valence electrons. The molecule has 1 amide bonds. The Morgan fingerprint density at radius 1 is 1.32 bits per heavy atom. The van der Waals surface area contributed by atoms with E-state index in [2.05, 4.69) is 21.2 Å². The smallest absolute Gasteiger partial charge is 0.253 e. The van der Waals surface area contributed by atoms with Gasteiger partial charge < -0.3 is 10.2 Å². The number of likely N-dealkylation sites (tertiary alicyclic amines) is 1. The van der Waals surface area contributed by atoms with Crippen molar-refractivity contribution < 1.29 is 4.79 Å². The number of carbonyl (C=O) groups excluding carboxylic acids is 1. The summed E-state index contributed by atoms with van der Waals surface area (Å²) in [7, 11) is 0. The first-order valence-corrected chi connectivity index (χ1v) is 7.20. The molecule has 0 spiro atoms. The first-order valence-electron chi connectivity index (χ1n) is 6.41. The third kappa shape index (κ3) is 2.81. The number of amides is 1. The average Bonchev–Trinajstić information content (AvgIpc) is 2.92. The van der Waals surface area contributed by atoms with E-state index in [1.165, 1.54) is 0 Å². The Morgan fingerprint density at radius 2 is 1.95 bits per heavy atom. The van der Waals surface area contributed by atoms with Gasteiger partial charge in [0, 0.05) is 36.2 Å². The predicted molar refractivity (Wildman–Crippen MR) is 81.9 cm³/mol. The second kappa shape index (κ2) is 5.81. The van der Waals surface area contributed by atoms with Crippen LogP contribution < -0.4 is 5.32 Å². The van der Waals surface area contributed by atoms with Gasteiger partial charge in [0.2, 0.25) is 0 Å². The van der Waals surface area contributed by atoms with Crippen molar-refractivity contribution in [2.45, 2.75) is 6.92 Å². The van der Waals surface area contributed by atoms with Crippen molar-refractivity contribution in [3.63, 3.8) is 0 Å². The maximum Gasteiger partial charge on any atom is 0.253 e. The van der Waals surface area contributed by atoms with Gasteiger partial charge in [-0.3, -0.25) is 4.79 Å². The Hall–Kier alpha value is -0.580. The van der Waals surface area contributed by atoms with Crippen LogP contribution in [0.3, 0.4) is 0 Å². The summed E-state index contributed by atoms with van der Waals surface area (Å²) in [5.41, 5.74) is 1.92. The zero-order valence-corrected chi connectivity index (χ0v) is 13.3. The number of hydrogen-bond acceptors (Lipinski definition) is 2. The molecule has 1 N–H and O–H groups in total. The fourth-order valence-corrected chi connectivity index (χ4v) is 3.23. The maximum absolute atomic E-state index is 12.4. The molecule has 0 saturated carbocycles. The lowest BCUT2D eigenvalue weighted by molar-refractivity contribution is 0.0781. The molecular weight excluding hydrogens is 328 g/mol. The molecule has 19 heavy (non-hydrogen) atoms. The predicted octanol–water partition coefficient (Wildman–Crippen LogP) is 2.47. The summed E-state index contributed by atoms with van der Waals surface area (Å²) in [5, 5.41) is 3.40. The van der Waals surface area contributed by atoms with Gasteiger partial charge in [-0.05, 0) is 42.5 Å². The molecule has 3 nitrogen and oxygen atoms in total. The molecule has 5 heteroatoms. The van der Waals surface area contributed by atoms with Gasteiger partial charge in [0.05, 0.1) is 0 Å². The summed E-state index contributed by atoms with van der Waals surface area (Å²) in [5.74, 6) is 1.50. The van der Waals surface area contributed by atoms with Crippen LogP contribution in [0, 0.1) is 18.8 Å². The first kappa shape index (κ1) is 14.8. The highest BCUT2D eigenvalue weighted by Gasteiger charge is 2.38. The Balaban J connectivity index is 0.00000133. The molecule has 0 radical (unpaired) electrons. The summed E-state index contributed by atoms with van der Waals surface area (Å²) in [6, 6.07) is 5.84. The standard InChI is InChI=1S/C14H17BrN2O.ClH/c1-9-4-10(2-3-13(9)15)14(18)17-7-11-5-16-6-12(11)8-17;/h2-4,11-12,16H,5-8H2,1H3;1H/t11-,12+;. The number of benzene rings is 1. The van der Waals surface area contributed by atoms with Gasteiger partial charge in [0.25, 0.3) is 5.91 Å². The minimum atomic E-state index is 0. The van der Waals surface area contributed by atoms with E-state index in [9.17, 15) is 4.79 Å². The van der Waals surface area contributed by atoms with Gasteiger partial charge in [-0.25, -0.2) is 0 Å². The van der Waals surface area contributed by atoms with E-state index in [0.29, 0.717) is 11.8 Å². The highest BCUT2D eigenvalue weighted by Crippen LogP contribution is 2.28. The average molecular weight is 346 g/mol. The third-order valence-electron chi connectivity index (χ3n) is 4.08. The summed E-state index contributed by atoms with van der Waals surface area (Å²) >= 11 is 3.47. The number of halogens is 2. The Bertz CT molecular complexity index is 482. The van der Waals surface area contributed by atoms with Crippen LogP contribution >= 0.6 is 28.3 Å². The minimum absolute atomic E-state index is 0. The highest BCUT2D eigenvalue weighted by molar-refractivity contribution is 9.10. The molecule has 2 aliphatic heterocycles. The van der Waals surface area contributed by atoms with Crippen molar-refractivity contribution >= 4 is 34.2 Å². The molecule has 1 aromatic carbocycles. The van der Waals surface area contributed by atoms with E-state index in [-0.39, 0.29) is 18.3 Å². The monoisotopic (exact) mass is 344 g/mol. The van der Waals surface area contributed by atoms with Crippen molar-refractivity contribution in [3.8, 4) is 0 Å². The Morgan fingerprint density at radius 3 is 2.53 bits per heavy atom. The first-order chi connectivity index (χ1) is 8.65. The molecule has 0 unspecified atom stereocenters. The van der Waals surface area contributed by atoms with Crippen LogP contribution in [0.2, 0.25) is 0 Å². The number of hydrogen-bond donors (Lipinski definition) is 1. The topological polar surface area (TPSA) is 32.3 Å². The minimum Gasteiger partial charge on any atom is -0.338 e. The molecule has 1 aromatic rings.